The van der Waals surface area contributed by atoms with Gasteiger partial charge in [0.05, 0.1) is 5.69 Å². The first kappa shape index (κ1) is 12.7. The Balaban J connectivity index is 2.23. The molecule has 0 bridgehead atoms. The minimum Gasteiger partial charge on any atom is -0.384 e. The highest BCUT2D eigenvalue weighted by atomic mass is 15.3. The van der Waals surface area contributed by atoms with Gasteiger partial charge in [0.1, 0.15) is 5.82 Å². The molecule has 3 nitrogen and oxygen atoms in total. The summed E-state index contributed by atoms with van der Waals surface area (Å²) in [5.41, 5.74) is 9.33. The average molecular weight is 243 g/mol. The van der Waals surface area contributed by atoms with Gasteiger partial charge >= 0.3 is 0 Å². The molecule has 0 spiro atoms. The van der Waals surface area contributed by atoms with E-state index in [2.05, 4.69) is 44.1 Å². The first-order valence-electron chi connectivity index (χ1n) is 6.46. The van der Waals surface area contributed by atoms with Gasteiger partial charge in [-0.15, -0.1) is 0 Å². The van der Waals surface area contributed by atoms with Crippen LogP contribution in [0.4, 0.5) is 5.82 Å². The van der Waals surface area contributed by atoms with Gasteiger partial charge in [-0.05, 0) is 25.3 Å². The van der Waals surface area contributed by atoms with Crippen LogP contribution in [0.15, 0.2) is 30.3 Å². The lowest BCUT2D eigenvalue weighted by atomic mass is 10.1. The number of nitrogen functional groups attached to an aromatic ring is 1. The summed E-state index contributed by atoms with van der Waals surface area (Å²) in [5.74, 6) is 1.41. The molecule has 18 heavy (non-hydrogen) atoms. The number of aryl methyl sites for hydroxylation is 2. The Morgan fingerprint density at radius 2 is 2.06 bits per heavy atom. The van der Waals surface area contributed by atoms with Gasteiger partial charge in [0.25, 0.3) is 0 Å². The topological polar surface area (TPSA) is 43.8 Å². The molecule has 1 aromatic carbocycles. The zero-order chi connectivity index (χ0) is 13.1. The maximum Gasteiger partial charge on any atom is 0.122 e. The molecule has 0 unspecified atom stereocenters. The highest BCUT2D eigenvalue weighted by Gasteiger charge is 2.07. The minimum atomic E-state index is 0.663. The van der Waals surface area contributed by atoms with Crippen molar-refractivity contribution in [1.29, 1.82) is 0 Å². The molecule has 3 heteroatoms. The summed E-state index contributed by atoms with van der Waals surface area (Å²) in [6, 6.07) is 10.3. The second-order valence-electron chi connectivity index (χ2n) is 5.23. The van der Waals surface area contributed by atoms with E-state index < -0.39 is 0 Å². The summed E-state index contributed by atoms with van der Waals surface area (Å²) in [6.07, 6.45) is 1.10. The number of hydrogen-bond acceptors (Lipinski definition) is 2. The van der Waals surface area contributed by atoms with Crippen LogP contribution in [0.2, 0.25) is 0 Å². The van der Waals surface area contributed by atoms with Crippen molar-refractivity contribution in [2.24, 2.45) is 5.92 Å². The molecule has 1 aromatic heterocycles. The molecule has 0 amide bonds. The molecule has 2 N–H and O–H groups in total. The van der Waals surface area contributed by atoms with Crippen molar-refractivity contribution in [2.45, 2.75) is 33.7 Å². The quantitative estimate of drug-likeness (QED) is 0.893. The number of benzene rings is 1. The monoisotopic (exact) mass is 243 g/mol. The minimum absolute atomic E-state index is 0.663. The van der Waals surface area contributed by atoms with E-state index in [1.807, 2.05) is 16.8 Å². The van der Waals surface area contributed by atoms with Crippen molar-refractivity contribution in [3.8, 4) is 11.3 Å². The van der Waals surface area contributed by atoms with E-state index in [9.17, 15) is 0 Å². The van der Waals surface area contributed by atoms with E-state index in [0.29, 0.717) is 5.92 Å². The van der Waals surface area contributed by atoms with E-state index in [4.69, 9.17) is 5.73 Å². The first-order chi connectivity index (χ1) is 8.56. The number of aromatic nitrogens is 2. The van der Waals surface area contributed by atoms with Gasteiger partial charge in [-0.2, -0.15) is 5.10 Å². The highest BCUT2D eigenvalue weighted by molar-refractivity contribution is 5.62. The summed E-state index contributed by atoms with van der Waals surface area (Å²) in [7, 11) is 0. The average Bonchev–Trinajstić information content (AvgIpc) is 2.68. The van der Waals surface area contributed by atoms with E-state index in [0.717, 1.165) is 30.0 Å². The number of hydrogen-bond donors (Lipinski definition) is 1. The number of anilines is 1. The molecule has 2 aromatic rings. The molecule has 1 heterocycles. The third kappa shape index (κ3) is 2.92. The maximum absolute atomic E-state index is 6.00. The number of nitrogens with two attached hydrogens (primary N) is 1. The standard InChI is InChI=1S/C15H21N3/c1-11(2)7-8-18-15(16)10-14(17-18)13-6-4-5-12(3)9-13/h4-6,9-11H,7-8,16H2,1-3H3. The fourth-order valence-corrected chi connectivity index (χ4v) is 1.94. The molecule has 96 valence electrons. The van der Waals surface area contributed by atoms with Crippen LogP contribution in [-0.2, 0) is 6.54 Å². The molecule has 0 fully saturated rings. The molecule has 0 aliphatic rings. The molecule has 2 rings (SSSR count). The maximum atomic E-state index is 6.00. The Kier molecular flexibility index (Phi) is 3.70. The van der Waals surface area contributed by atoms with Crippen LogP contribution in [-0.4, -0.2) is 9.78 Å². The van der Waals surface area contributed by atoms with E-state index >= 15 is 0 Å². The summed E-state index contributed by atoms with van der Waals surface area (Å²) >= 11 is 0. The zero-order valence-electron chi connectivity index (χ0n) is 11.4. The molecule has 0 radical (unpaired) electrons. The van der Waals surface area contributed by atoms with E-state index in [-0.39, 0.29) is 0 Å². The molecule has 0 aliphatic heterocycles. The van der Waals surface area contributed by atoms with Crippen LogP contribution >= 0.6 is 0 Å². The lowest BCUT2D eigenvalue weighted by molar-refractivity contribution is 0.492. The van der Waals surface area contributed by atoms with Gasteiger partial charge in [0.15, 0.2) is 0 Å². The Labute approximate surface area is 109 Å². The highest BCUT2D eigenvalue weighted by Crippen LogP contribution is 2.21. The Bertz CT molecular complexity index is 526. The molecule has 0 saturated heterocycles. The second kappa shape index (κ2) is 5.25. The molecular weight excluding hydrogens is 222 g/mol. The van der Waals surface area contributed by atoms with Crippen molar-refractivity contribution in [2.75, 3.05) is 5.73 Å². The fraction of sp³-hybridized carbons (Fsp3) is 0.400. The van der Waals surface area contributed by atoms with Crippen molar-refractivity contribution in [3.05, 3.63) is 35.9 Å². The van der Waals surface area contributed by atoms with Crippen molar-refractivity contribution >= 4 is 5.82 Å². The Morgan fingerprint density at radius 1 is 1.28 bits per heavy atom. The smallest absolute Gasteiger partial charge is 0.122 e. The third-order valence-electron chi connectivity index (χ3n) is 3.04. The second-order valence-corrected chi connectivity index (χ2v) is 5.23. The molecular formula is C15H21N3. The first-order valence-corrected chi connectivity index (χ1v) is 6.46. The SMILES string of the molecule is Cc1cccc(-c2cc(N)n(CCC(C)C)n2)c1. The van der Waals surface area contributed by atoms with Crippen LogP contribution in [0.1, 0.15) is 25.8 Å². The van der Waals surface area contributed by atoms with Crippen LogP contribution < -0.4 is 5.73 Å². The predicted octanol–water partition coefficient (Wildman–Crippen LogP) is 3.49. The van der Waals surface area contributed by atoms with Crippen molar-refractivity contribution in [3.63, 3.8) is 0 Å². The lowest BCUT2D eigenvalue weighted by Gasteiger charge is -2.06. The lowest BCUT2D eigenvalue weighted by Crippen LogP contribution is -2.06. The van der Waals surface area contributed by atoms with Gasteiger partial charge in [0.2, 0.25) is 0 Å². The molecule has 0 saturated carbocycles. The van der Waals surface area contributed by atoms with Crippen molar-refractivity contribution in [1.82, 2.24) is 9.78 Å². The van der Waals surface area contributed by atoms with Gasteiger partial charge < -0.3 is 5.73 Å². The molecule has 0 aliphatic carbocycles. The Hall–Kier alpha value is -1.77. The molecule has 0 atom stereocenters. The van der Waals surface area contributed by atoms with Crippen LogP contribution in [0, 0.1) is 12.8 Å². The summed E-state index contributed by atoms with van der Waals surface area (Å²) in [4.78, 5) is 0. The van der Waals surface area contributed by atoms with Crippen LogP contribution in [0.5, 0.6) is 0 Å². The third-order valence-corrected chi connectivity index (χ3v) is 3.04. The van der Waals surface area contributed by atoms with Gasteiger partial charge in [-0.1, -0.05) is 37.6 Å². The van der Waals surface area contributed by atoms with E-state index in [1.165, 1.54) is 5.56 Å². The van der Waals surface area contributed by atoms with E-state index in [1.54, 1.807) is 0 Å². The zero-order valence-corrected chi connectivity index (χ0v) is 11.4. The van der Waals surface area contributed by atoms with Gasteiger partial charge in [-0.3, -0.25) is 0 Å². The summed E-state index contributed by atoms with van der Waals surface area (Å²) < 4.78 is 1.90. The fourth-order valence-electron chi connectivity index (χ4n) is 1.94. The van der Waals surface area contributed by atoms with Crippen LogP contribution in [0.3, 0.4) is 0 Å². The Morgan fingerprint density at radius 3 is 2.72 bits per heavy atom. The number of rotatable bonds is 4. The van der Waals surface area contributed by atoms with Crippen LogP contribution in [0.25, 0.3) is 11.3 Å². The summed E-state index contributed by atoms with van der Waals surface area (Å²) in [6.45, 7) is 7.39. The van der Waals surface area contributed by atoms with Gasteiger partial charge in [0, 0.05) is 18.2 Å². The summed E-state index contributed by atoms with van der Waals surface area (Å²) in [5, 5.41) is 4.58. The normalized spacial score (nSPS) is 11.1. The predicted molar refractivity (Wildman–Crippen MR) is 76.3 cm³/mol. The van der Waals surface area contributed by atoms with Crippen molar-refractivity contribution < 1.29 is 0 Å². The largest absolute Gasteiger partial charge is 0.384 e. The van der Waals surface area contributed by atoms with Gasteiger partial charge in [-0.25, -0.2) is 4.68 Å². The number of nitrogens with zero attached hydrogens (tertiary/aromatic N) is 2.